The van der Waals surface area contributed by atoms with Gasteiger partial charge in [-0.25, -0.2) is 14.6 Å². The van der Waals surface area contributed by atoms with Gasteiger partial charge >= 0.3 is 12.2 Å². The maximum absolute atomic E-state index is 14.5. The molecule has 4 atom stereocenters. The molecule has 5 N–H and O–H groups in total. The van der Waals surface area contributed by atoms with Crippen molar-refractivity contribution in [2.75, 3.05) is 60.4 Å². The molecule has 0 radical (unpaired) electrons. The number of hydrogen-bond acceptors (Lipinski definition) is 12. The van der Waals surface area contributed by atoms with Crippen molar-refractivity contribution in [3.8, 4) is 11.3 Å². The third kappa shape index (κ3) is 17.6. The van der Waals surface area contributed by atoms with E-state index in [1.807, 2.05) is 5.32 Å². The number of aliphatic hydroxyl groups is 1. The second-order valence-electron chi connectivity index (χ2n) is 14.8. The second-order valence-corrected chi connectivity index (χ2v) is 14.8. The number of rotatable bonds is 23. The molecule has 0 saturated heterocycles. The molecular weight excluding hydrogens is 773 g/mol. The Kier molecular flexibility index (Phi) is 15.2. The van der Waals surface area contributed by atoms with E-state index < -0.39 is 86.2 Å². The predicted molar refractivity (Wildman–Crippen MR) is 226 cm³/mol. The van der Waals surface area contributed by atoms with Crippen LogP contribution in [0.4, 0.5) is 9.59 Å². The Morgan fingerprint density at radius 2 is 1.35 bits per heavy atom. The molecule has 1 aromatic heterocycles. The summed E-state index contributed by atoms with van der Waals surface area (Å²) in [5, 5.41) is 20.5. The summed E-state index contributed by atoms with van der Waals surface area (Å²) in [5.74, 6) is -2.33. The fourth-order valence-electron chi connectivity index (χ4n) is 5.71. The highest BCUT2D eigenvalue weighted by Gasteiger charge is 2.37. The van der Waals surface area contributed by atoms with E-state index >= 15 is 0 Å². The number of hydrazine groups is 1. The molecule has 16 heteroatoms. The van der Waals surface area contributed by atoms with Crippen LogP contribution in [-0.4, -0.2) is 124 Å². The molecule has 60 heavy (non-hydrogen) atoms. The molecular formula is C44H64N6O10. The average Bonchev–Trinajstić information content (AvgIpc) is 3.26. The lowest BCUT2D eigenvalue weighted by Crippen LogP contribution is -2.61. The molecule has 0 aliphatic rings. The molecule has 16 nitrogen and oxygen atoms in total. The van der Waals surface area contributed by atoms with Gasteiger partial charge in [-0.05, 0) is 40.5 Å². The summed E-state index contributed by atoms with van der Waals surface area (Å²) >= 11 is 0. The van der Waals surface area contributed by atoms with E-state index in [1.54, 1.807) is 107 Å². The van der Waals surface area contributed by atoms with Gasteiger partial charge in [0.05, 0.1) is 58.0 Å². The first-order chi connectivity index (χ1) is 32.3. The number of benzene rings is 2. The zero-order valence-electron chi connectivity index (χ0n) is 43.7. The summed E-state index contributed by atoms with van der Waals surface area (Å²) < 4.78 is 99.9. The highest BCUT2D eigenvalue weighted by Crippen LogP contribution is 2.23. The van der Waals surface area contributed by atoms with Crippen molar-refractivity contribution >= 4 is 24.0 Å². The Labute approximate surface area is 366 Å². The molecule has 0 bridgehead atoms. The lowest BCUT2D eigenvalue weighted by atomic mass is 9.85. The van der Waals surface area contributed by atoms with Gasteiger partial charge in [0.2, 0.25) is 5.91 Å². The summed E-state index contributed by atoms with van der Waals surface area (Å²) in [7, 11) is 2.39. The molecule has 0 unspecified atom stereocenters. The maximum atomic E-state index is 14.5. The van der Waals surface area contributed by atoms with Gasteiger partial charge in [-0.3, -0.25) is 20.0 Å². The van der Waals surface area contributed by atoms with Crippen molar-refractivity contribution in [2.45, 2.75) is 78.5 Å². The van der Waals surface area contributed by atoms with Crippen LogP contribution < -0.4 is 21.4 Å². The summed E-state index contributed by atoms with van der Waals surface area (Å²) in [6, 6.07) is 15.5. The van der Waals surface area contributed by atoms with Gasteiger partial charge in [-0.2, -0.15) is 0 Å². The quantitative estimate of drug-likeness (QED) is 0.0673. The molecule has 2 aromatic carbocycles. The molecule has 0 fully saturated rings. The van der Waals surface area contributed by atoms with Gasteiger partial charge in [0.25, 0.3) is 5.91 Å². The van der Waals surface area contributed by atoms with E-state index in [-0.39, 0.29) is 32.8 Å². The first kappa shape index (κ1) is 36.7. The van der Waals surface area contributed by atoms with E-state index in [9.17, 15) is 24.3 Å². The summed E-state index contributed by atoms with van der Waals surface area (Å²) in [5.41, 5.74) is -0.00530. The van der Waals surface area contributed by atoms with Crippen LogP contribution in [0, 0.1) is 10.8 Å². The number of methoxy groups -OCH3 is 2. The van der Waals surface area contributed by atoms with Crippen molar-refractivity contribution in [1.29, 1.82) is 0 Å². The van der Waals surface area contributed by atoms with Crippen LogP contribution in [-0.2, 0) is 46.2 Å². The zero-order chi connectivity index (χ0) is 51.6. The molecule has 0 saturated carbocycles. The lowest BCUT2D eigenvalue weighted by Gasteiger charge is -2.35. The van der Waals surface area contributed by atoms with Crippen LogP contribution >= 0.6 is 0 Å². The largest absolute Gasteiger partial charge is 0.453 e. The van der Waals surface area contributed by atoms with Gasteiger partial charge in [-0.15, -0.1) is 0 Å². The minimum absolute atomic E-state index is 0.0189. The lowest BCUT2D eigenvalue weighted by molar-refractivity contribution is -0.132. The number of aromatic nitrogens is 1. The molecule has 0 spiro atoms. The Morgan fingerprint density at radius 1 is 0.733 bits per heavy atom. The van der Waals surface area contributed by atoms with Crippen LogP contribution in [0.15, 0.2) is 79.0 Å². The fraction of sp³-hybridized carbons (Fsp3) is 0.523. The number of nitrogens with zero attached hydrogens (tertiary/aromatic N) is 2. The first-order valence-corrected chi connectivity index (χ1v) is 19.3. The van der Waals surface area contributed by atoms with Crippen LogP contribution in [0.5, 0.6) is 0 Å². The summed E-state index contributed by atoms with van der Waals surface area (Å²) in [4.78, 5) is 58.8. The first-order valence-electron chi connectivity index (χ1n) is 23.8. The normalized spacial score (nSPS) is 16.6. The average molecular weight is 846 g/mol. The van der Waals surface area contributed by atoms with Gasteiger partial charge < -0.3 is 44.7 Å². The van der Waals surface area contributed by atoms with Crippen molar-refractivity contribution in [3.63, 3.8) is 0 Å². The molecule has 3 rings (SSSR count). The number of amides is 4. The van der Waals surface area contributed by atoms with Gasteiger partial charge in [-0.1, -0.05) is 102 Å². The van der Waals surface area contributed by atoms with E-state index in [0.717, 1.165) is 12.1 Å². The van der Waals surface area contributed by atoms with E-state index in [0.29, 0.717) is 42.2 Å². The van der Waals surface area contributed by atoms with Crippen molar-refractivity contribution in [2.24, 2.45) is 10.8 Å². The second kappa shape index (κ2) is 24.8. The number of carbonyl (C=O) groups excluding carboxylic acids is 4. The number of pyridine rings is 1. The minimum atomic E-state index is -3.94. The predicted octanol–water partition coefficient (Wildman–Crippen LogP) is 4.26. The summed E-state index contributed by atoms with van der Waals surface area (Å²) in [6.45, 7) is -6.38. The van der Waals surface area contributed by atoms with Crippen molar-refractivity contribution < 1.29 is 60.3 Å². The smallest absolute Gasteiger partial charge is 0.407 e. The molecule has 3 aromatic rings. The topological polar surface area (TPSA) is 199 Å². The van der Waals surface area contributed by atoms with Crippen molar-refractivity contribution in [1.82, 2.24) is 31.4 Å². The maximum Gasteiger partial charge on any atom is 0.407 e. The number of alkyl carbamates (subject to hydrolysis) is 2. The molecule has 1 heterocycles. The molecule has 0 aliphatic carbocycles. The number of aliphatic hydroxyl groups excluding tert-OH is 1. The Balaban J connectivity index is 2.03. The van der Waals surface area contributed by atoms with E-state index in [4.69, 9.17) is 31.3 Å². The minimum Gasteiger partial charge on any atom is -0.453 e. The molecule has 4 amide bonds. The number of ether oxygens (including phenoxy) is 5. The highest BCUT2D eigenvalue weighted by molar-refractivity contribution is 5.87. The van der Waals surface area contributed by atoms with Gasteiger partial charge in [0, 0.05) is 44.3 Å². The Hall–Kier alpha value is -5.13. The molecule has 330 valence electrons. The van der Waals surface area contributed by atoms with Crippen LogP contribution in [0.2, 0.25) is 0 Å². The number of hydrogen-bond donors (Lipinski definition) is 5. The SMILES string of the molecule is [2H]C([2H])([2H])C([C@H](NC(=O)OC)C(=O)NN(Cc1ccc(-c2ccccn2)cc1)C[C@H](O)[C@H](Cc1ccccc1)NC(=O)[C@@H](NC(=O)OCCOCCOCCOC)C(C)(C)C)(C([2H])([2H])[2H])C([2H])([2H])[2H]. The summed E-state index contributed by atoms with van der Waals surface area (Å²) in [6.07, 6.45) is -2.48. The monoisotopic (exact) mass is 846 g/mol. The third-order valence-corrected chi connectivity index (χ3v) is 8.85. The Morgan fingerprint density at radius 3 is 1.95 bits per heavy atom. The Bertz CT molecular complexity index is 2030. The van der Waals surface area contributed by atoms with E-state index in [2.05, 4.69) is 25.8 Å². The van der Waals surface area contributed by atoms with E-state index in [1.165, 1.54) is 0 Å². The number of nitrogens with one attached hydrogen (secondary N) is 4. The highest BCUT2D eigenvalue weighted by atomic mass is 16.6. The van der Waals surface area contributed by atoms with Gasteiger partial charge in [0.1, 0.15) is 18.7 Å². The van der Waals surface area contributed by atoms with Crippen LogP contribution in [0.25, 0.3) is 11.3 Å². The van der Waals surface area contributed by atoms with Crippen LogP contribution in [0.1, 0.15) is 64.8 Å². The third-order valence-electron chi connectivity index (χ3n) is 8.85. The standard InChI is InChI=1S/C44H64N6O10/c1-43(2,3)37(48-42(55)60-27-26-59-25-24-58-23-22-56-7)39(52)46-35(28-31-14-10-9-11-15-31)36(51)30-50(49-40(53)38(44(4,5)6)47-41(54)57-8)29-32-17-19-33(20-18-32)34-16-12-13-21-45-34/h9-21,35-38,51H,22-30H2,1-8H3,(H,46,52)(H,47,54)(H,48,55)(H,49,53)/t35-,36-,37+,38+/m0/s1/i4D3,5D3,6D3. The van der Waals surface area contributed by atoms with Gasteiger partial charge in [0.15, 0.2) is 0 Å². The van der Waals surface area contributed by atoms with Crippen LogP contribution in [0.3, 0.4) is 0 Å². The zero-order valence-corrected chi connectivity index (χ0v) is 34.7. The van der Waals surface area contributed by atoms with Crippen molar-refractivity contribution in [3.05, 3.63) is 90.1 Å². The molecule has 0 aliphatic heterocycles. The number of carbonyl (C=O) groups is 4. The fourth-order valence-corrected chi connectivity index (χ4v) is 5.71.